The van der Waals surface area contributed by atoms with Crippen molar-refractivity contribution in [1.82, 2.24) is 0 Å². The Hall–Kier alpha value is 0.282. The summed E-state index contributed by atoms with van der Waals surface area (Å²) in [6, 6.07) is 0. The summed E-state index contributed by atoms with van der Waals surface area (Å²) in [5.41, 5.74) is 0. The maximum atomic E-state index is 11.7. The van der Waals surface area contributed by atoms with Gasteiger partial charge in [0.05, 0.1) is 6.10 Å². The van der Waals surface area contributed by atoms with Crippen molar-refractivity contribution in [3.8, 4) is 0 Å². The Morgan fingerprint density at radius 3 is 2.84 bits per heavy atom. The quantitative estimate of drug-likeness (QED) is 0.263. The van der Waals surface area contributed by atoms with E-state index in [1.807, 2.05) is 13.8 Å². The van der Waals surface area contributed by atoms with Crippen molar-refractivity contribution >= 4 is 12.0 Å². The minimum absolute atomic E-state index is 0. The summed E-state index contributed by atoms with van der Waals surface area (Å²) in [4.78, 5) is 16.6. The summed E-state index contributed by atoms with van der Waals surface area (Å²) in [6.07, 6.45) is 4.78. The normalized spacial score (nSPS) is 25.9. The molecule has 1 N–H and O–H groups in total. The van der Waals surface area contributed by atoms with E-state index in [-0.39, 0.29) is 67.6 Å². The topological polar surface area (TPSA) is 58.9 Å². The van der Waals surface area contributed by atoms with Crippen molar-refractivity contribution in [2.45, 2.75) is 39.2 Å². The summed E-state index contributed by atoms with van der Waals surface area (Å²) in [6.45, 7) is 7.86. The molecule has 4 atom stereocenters. The number of ketones is 1. The summed E-state index contributed by atoms with van der Waals surface area (Å²) in [5, 5.41) is 14.0. The van der Waals surface area contributed by atoms with Crippen LogP contribution in [-0.2, 0) is 9.63 Å². The number of oxime groups is 1. The van der Waals surface area contributed by atoms with Gasteiger partial charge in [0.1, 0.15) is 12.4 Å². The maximum absolute atomic E-state index is 11.7. The molecule has 1 aliphatic carbocycles. The summed E-state index contributed by atoms with van der Waals surface area (Å²) >= 11 is 0. The second kappa shape index (κ2) is 10.1. The van der Waals surface area contributed by atoms with Crippen LogP contribution in [-0.4, -0.2) is 29.8 Å². The number of aliphatic hydroxyl groups is 1. The third-order valence-electron chi connectivity index (χ3n) is 3.60. The molecule has 1 radical (unpaired) electrons. The number of carbonyl (C=O) groups excluding carboxylic acids is 1. The van der Waals surface area contributed by atoms with Crippen LogP contribution in [0.2, 0.25) is 0 Å². The average molecular weight is 480 g/mol. The molecule has 19 heavy (non-hydrogen) atoms. The number of carbonyl (C=O) groups is 1. The minimum Gasteiger partial charge on any atom is -0.392 e. The Labute approximate surface area is 151 Å². The van der Waals surface area contributed by atoms with E-state index >= 15 is 0 Å². The molecule has 0 spiro atoms. The van der Waals surface area contributed by atoms with Gasteiger partial charge in [0.25, 0.3) is 0 Å². The standard InChI is InChI=1S/C14H23NO3.Ac/c1-4-9-18-15-8-7-11(3)14(17)13-10(2)5-6-12(13)16;/h4,8,10-11,13-14,17H,1,5-7,9H2,2-3H3;/b15-8+;/t10?,11-,13-,14-;/m1./s1. The minimum atomic E-state index is -0.583. The Morgan fingerprint density at radius 1 is 1.63 bits per heavy atom. The Morgan fingerprint density at radius 2 is 2.32 bits per heavy atom. The Kier molecular flexibility index (Phi) is 10.2. The van der Waals surface area contributed by atoms with E-state index in [1.165, 1.54) is 0 Å². The largest absolute Gasteiger partial charge is 0.392 e. The summed E-state index contributed by atoms with van der Waals surface area (Å²) in [7, 11) is 0. The van der Waals surface area contributed by atoms with Gasteiger partial charge >= 0.3 is 0 Å². The molecule has 5 heteroatoms. The van der Waals surface area contributed by atoms with E-state index in [1.54, 1.807) is 12.3 Å². The van der Waals surface area contributed by atoms with Gasteiger partial charge in [-0.15, -0.1) is 0 Å². The smallest absolute Gasteiger partial charge is 0.138 e. The molecule has 0 aromatic heterocycles. The Balaban J connectivity index is 0.00000324. The number of hydrogen-bond acceptors (Lipinski definition) is 4. The number of nitrogens with zero attached hydrogens (tertiary/aromatic N) is 1. The van der Waals surface area contributed by atoms with Crippen LogP contribution in [0.5, 0.6) is 0 Å². The first-order valence-electron chi connectivity index (χ1n) is 6.53. The van der Waals surface area contributed by atoms with Crippen LogP contribution in [0.1, 0.15) is 33.1 Å². The van der Waals surface area contributed by atoms with Crippen LogP contribution >= 0.6 is 0 Å². The van der Waals surface area contributed by atoms with Gasteiger partial charge in [-0.2, -0.15) is 0 Å². The van der Waals surface area contributed by atoms with E-state index < -0.39 is 6.10 Å². The zero-order chi connectivity index (χ0) is 13.5. The fourth-order valence-electron chi connectivity index (χ4n) is 2.41. The van der Waals surface area contributed by atoms with Gasteiger partial charge in [-0.3, -0.25) is 4.79 Å². The third kappa shape index (κ3) is 6.06. The monoisotopic (exact) mass is 480 g/mol. The van der Waals surface area contributed by atoms with E-state index in [0.717, 1.165) is 6.42 Å². The molecule has 0 aromatic rings. The third-order valence-corrected chi connectivity index (χ3v) is 3.60. The van der Waals surface area contributed by atoms with E-state index in [2.05, 4.69) is 11.7 Å². The fourth-order valence-corrected chi connectivity index (χ4v) is 2.41. The number of rotatable bonds is 7. The molecule has 1 rings (SSSR count). The van der Waals surface area contributed by atoms with Crippen LogP contribution in [0.4, 0.5) is 0 Å². The molecule has 0 amide bonds. The molecule has 0 bridgehead atoms. The fraction of sp³-hybridized carbons (Fsp3) is 0.714. The Bertz CT molecular complexity index is 320. The van der Waals surface area contributed by atoms with Crippen molar-refractivity contribution in [2.24, 2.45) is 22.9 Å². The van der Waals surface area contributed by atoms with Crippen LogP contribution in [0.15, 0.2) is 17.8 Å². The SMILES string of the molecule is C=CCO/N=C/C[C@@H](C)[C@@H](O)[C@H]1C(=O)CCC1C.[Ac]. The van der Waals surface area contributed by atoms with E-state index in [4.69, 9.17) is 4.84 Å². The predicted molar refractivity (Wildman–Crippen MR) is 71.3 cm³/mol. The van der Waals surface area contributed by atoms with Gasteiger partial charge in [-0.05, 0) is 24.7 Å². The first-order valence-corrected chi connectivity index (χ1v) is 6.53. The van der Waals surface area contributed by atoms with Gasteiger partial charge < -0.3 is 9.94 Å². The second-order valence-corrected chi connectivity index (χ2v) is 5.08. The van der Waals surface area contributed by atoms with Crippen molar-refractivity contribution in [3.05, 3.63) is 12.7 Å². The molecule has 4 nitrogen and oxygen atoms in total. The molecule has 0 aromatic carbocycles. The molecule has 1 unspecified atom stereocenters. The first-order chi connectivity index (χ1) is 8.57. The van der Waals surface area contributed by atoms with Crippen LogP contribution < -0.4 is 0 Å². The van der Waals surface area contributed by atoms with Gasteiger partial charge in [0.2, 0.25) is 0 Å². The van der Waals surface area contributed by atoms with Gasteiger partial charge in [-0.25, -0.2) is 0 Å². The summed E-state index contributed by atoms with van der Waals surface area (Å²) < 4.78 is 0. The van der Waals surface area contributed by atoms with Gasteiger partial charge in [0.15, 0.2) is 0 Å². The zero-order valence-corrected chi connectivity index (χ0v) is 16.5. The predicted octanol–water partition coefficient (Wildman–Crippen LogP) is 2.18. The molecule has 0 aliphatic heterocycles. The molecule has 0 saturated heterocycles. The first kappa shape index (κ1) is 19.3. The van der Waals surface area contributed by atoms with Crippen molar-refractivity contribution in [2.75, 3.05) is 6.61 Å². The van der Waals surface area contributed by atoms with Crippen molar-refractivity contribution < 1.29 is 58.8 Å². The number of aliphatic hydroxyl groups excluding tert-OH is 1. The van der Waals surface area contributed by atoms with Crippen LogP contribution in [0.25, 0.3) is 0 Å². The van der Waals surface area contributed by atoms with Crippen molar-refractivity contribution in [1.29, 1.82) is 0 Å². The molecular formula is C14H23AcNO3. The zero-order valence-electron chi connectivity index (χ0n) is 11.8. The van der Waals surface area contributed by atoms with Gasteiger partial charge in [-0.1, -0.05) is 31.7 Å². The van der Waals surface area contributed by atoms with Crippen molar-refractivity contribution in [3.63, 3.8) is 0 Å². The molecule has 1 fully saturated rings. The van der Waals surface area contributed by atoms with Gasteiger partial charge in [0, 0.05) is 62.6 Å². The molecule has 1 aliphatic rings. The molecule has 1 saturated carbocycles. The number of hydrogen-bond donors (Lipinski definition) is 1. The summed E-state index contributed by atoms with van der Waals surface area (Å²) in [5.74, 6) is 0.281. The second-order valence-electron chi connectivity index (χ2n) is 5.08. The molecular weight excluding hydrogens is 457 g/mol. The van der Waals surface area contributed by atoms with Crippen LogP contribution in [0.3, 0.4) is 0 Å². The number of Topliss-reactive ketones (excluding diaryl/α,β-unsaturated/α-hetero) is 1. The van der Waals surface area contributed by atoms with Crippen LogP contribution in [0, 0.1) is 61.8 Å². The average Bonchev–Trinajstić information content (AvgIpc) is 2.67. The molecule has 105 valence electrons. The van der Waals surface area contributed by atoms with E-state index in [9.17, 15) is 9.90 Å². The maximum Gasteiger partial charge on any atom is 0.138 e. The molecule has 0 heterocycles. The van der Waals surface area contributed by atoms with E-state index in [0.29, 0.717) is 19.4 Å².